The summed E-state index contributed by atoms with van der Waals surface area (Å²) >= 11 is 0. The standard InChI is InChI=1S/C12H17FO2S/c1-2-10-16(14,15)12-7-5-11(6-8-12)4-3-9-13/h5-8H,2-4,9-10H2,1H3. The lowest BCUT2D eigenvalue weighted by Crippen LogP contribution is -2.05. The minimum Gasteiger partial charge on any atom is -0.251 e. The van der Waals surface area contributed by atoms with Crippen LogP contribution in [0.4, 0.5) is 4.39 Å². The van der Waals surface area contributed by atoms with Gasteiger partial charge in [-0.2, -0.15) is 0 Å². The van der Waals surface area contributed by atoms with Gasteiger partial charge < -0.3 is 0 Å². The summed E-state index contributed by atoms with van der Waals surface area (Å²) in [6.07, 6.45) is 1.76. The maximum absolute atomic E-state index is 12.0. The predicted octanol–water partition coefficient (Wildman–Crippen LogP) is 2.77. The number of hydrogen-bond acceptors (Lipinski definition) is 2. The SMILES string of the molecule is CCCS(=O)(=O)c1ccc(CCCF)cc1. The van der Waals surface area contributed by atoms with Gasteiger partial charge in [0.1, 0.15) is 0 Å². The zero-order chi connectivity index (χ0) is 12.0. The van der Waals surface area contributed by atoms with E-state index in [1.807, 2.05) is 6.92 Å². The fourth-order valence-corrected chi connectivity index (χ4v) is 2.84. The fourth-order valence-electron chi connectivity index (χ4n) is 1.52. The Bertz CT molecular complexity index is 409. The highest BCUT2D eigenvalue weighted by Crippen LogP contribution is 2.14. The number of aryl methyl sites for hydroxylation is 1. The van der Waals surface area contributed by atoms with Gasteiger partial charge in [0.15, 0.2) is 9.84 Å². The van der Waals surface area contributed by atoms with Crippen LogP contribution in [0.1, 0.15) is 25.3 Å². The molecule has 1 aromatic carbocycles. The number of rotatable bonds is 6. The van der Waals surface area contributed by atoms with Crippen LogP contribution in [0.5, 0.6) is 0 Å². The van der Waals surface area contributed by atoms with Crippen molar-refractivity contribution < 1.29 is 12.8 Å². The average molecular weight is 244 g/mol. The lowest BCUT2D eigenvalue weighted by atomic mass is 10.1. The van der Waals surface area contributed by atoms with Crippen LogP contribution in [0, 0.1) is 0 Å². The molecule has 0 unspecified atom stereocenters. The summed E-state index contributed by atoms with van der Waals surface area (Å²) in [5.74, 6) is 0.177. The van der Waals surface area contributed by atoms with Gasteiger partial charge in [-0.15, -0.1) is 0 Å². The van der Waals surface area contributed by atoms with Crippen LogP contribution in [0.2, 0.25) is 0 Å². The van der Waals surface area contributed by atoms with Gasteiger partial charge in [-0.25, -0.2) is 8.42 Å². The molecule has 0 aliphatic carbocycles. The Labute approximate surface area is 96.4 Å². The lowest BCUT2D eigenvalue weighted by Gasteiger charge is -2.04. The van der Waals surface area contributed by atoms with Gasteiger partial charge >= 0.3 is 0 Å². The number of sulfone groups is 1. The summed E-state index contributed by atoms with van der Waals surface area (Å²) in [5.41, 5.74) is 0.980. The van der Waals surface area contributed by atoms with Crippen LogP contribution in [-0.4, -0.2) is 20.8 Å². The number of benzene rings is 1. The normalized spacial score (nSPS) is 11.6. The molecule has 0 heterocycles. The summed E-state index contributed by atoms with van der Waals surface area (Å²) in [5, 5.41) is 0. The summed E-state index contributed by atoms with van der Waals surface area (Å²) in [6.45, 7) is 1.50. The average Bonchev–Trinajstić information content (AvgIpc) is 2.27. The Morgan fingerprint density at radius 3 is 2.31 bits per heavy atom. The van der Waals surface area contributed by atoms with Crippen LogP contribution < -0.4 is 0 Å². The van der Waals surface area contributed by atoms with E-state index in [9.17, 15) is 12.8 Å². The van der Waals surface area contributed by atoms with E-state index in [1.54, 1.807) is 24.3 Å². The van der Waals surface area contributed by atoms with Gasteiger partial charge in [0.05, 0.1) is 17.3 Å². The first-order valence-corrected chi connectivity index (χ1v) is 7.13. The Morgan fingerprint density at radius 2 is 1.81 bits per heavy atom. The minimum atomic E-state index is -3.12. The summed E-state index contributed by atoms with van der Waals surface area (Å²) in [7, 11) is -3.12. The van der Waals surface area contributed by atoms with Crippen molar-refractivity contribution in [1.82, 2.24) is 0 Å². The molecule has 16 heavy (non-hydrogen) atoms. The highest BCUT2D eigenvalue weighted by molar-refractivity contribution is 7.91. The van der Waals surface area contributed by atoms with Crippen molar-refractivity contribution in [1.29, 1.82) is 0 Å². The first-order valence-electron chi connectivity index (χ1n) is 5.48. The Morgan fingerprint density at radius 1 is 1.19 bits per heavy atom. The van der Waals surface area contributed by atoms with Crippen molar-refractivity contribution in [3.05, 3.63) is 29.8 Å². The highest BCUT2D eigenvalue weighted by atomic mass is 32.2. The third kappa shape index (κ3) is 3.59. The molecule has 0 fully saturated rings. The molecule has 0 aliphatic rings. The molecule has 2 nitrogen and oxygen atoms in total. The molecule has 0 amide bonds. The zero-order valence-electron chi connectivity index (χ0n) is 9.45. The maximum Gasteiger partial charge on any atom is 0.178 e. The van der Waals surface area contributed by atoms with Crippen molar-refractivity contribution in [2.75, 3.05) is 12.4 Å². The smallest absolute Gasteiger partial charge is 0.178 e. The number of hydrogen-bond donors (Lipinski definition) is 0. The molecule has 0 aliphatic heterocycles. The van der Waals surface area contributed by atoms with Gasteiger partial charge in [0.2, 0.25) is 0 Å². The highest BCUT2D eigenvalue weighted by Gasteiger charge is 2.12. The predicted molar refractivity (Wildman–Crippen MR) is 63.1 cm³/mol. The Balaban J connectivity index is 2.78. The Kier molecular flexibility index (Phi) is 4.93. The molecule has 0 saturated heterocycles. The molecule has 1 aromatic rings. The fraction of sp³-hybridized carbons (Fsp3) is 0.500. The summed E-state index contributed by atoms with van der Waals surface area (Å²) in [4.78, 5) is 0.360. The van der Waals surface area contributed by atoms with E-state index < -0.39 is 9.84 Å². The minimum absolute atomic E-state index is 0.177. The first kappa shape index (κ1) is 13.2. The molecule has 0 N–H and O–H groups in total. The van der Waals surface area contributed by atoms with E-state index in [-0.39, 0.29) is 12.4 Å². The van der Waals surface area contributed by atoms with Gasteiger partial charge in [0, 0.05) is 0 Å². The van der Waals surface area contributed by atoms with Crippen molar-refractivity contribution in [2.24, 2.45) is 0 Å². The second-order valence-electron chi connectivity index (χ2n) is 3.76. The van der Waals surface area contributed by atoms with Crippen LogP contribution in [0.15, 0.2) is 29.2 Å². The third-order valence-electron chi connectivity index (χ3n) is 2.35. The number of halogens is 1. The molecule has 90 valence electrons. The molecular weight excluding hydrogens is 227 g/mol. The van der Waals surface area contributed by atoms with Crippen LogP contribution in [0.3, 0.4) is 0 Å². The Hall–Kier alpha value is -0.900. The molecule has 0 spiro atoms. The molecule has 1 rings (SSSR count). The van der Waals surface area contributed by atoms with E-state index >= 15 is 0 Å². The zero-order valence-corrected chi connectivity index (χ0v) is 10.3. The molecule has 0 bridgehead atoms. The molecular formula is C12H17FO2S. The van der Waals surface area contributed by atoms with Gasteiger partial charge in [-0.3, -0.25) is 4.39 Å². The molecule has 0 atom stereocenters. The molecule has 0 radical (unpaired) electrons. The second-order valence-corrected chi connectivity index (χ2v) is 5.86. The third-order valence-corrected chi connectivity index (χ3v) is 4.29. The molecule has 4 heteroatoms. The molecule has 0 aromatic heterocycles. The monoisotopic (exact) mass is 244 g/mol. The van der Waals surface area contributed by atoms with Gasteiger partial charge in [0.25, 0.3) is 0 Å². The van der Waals surface area contributed by atoms with E-state index in [0.29, 0.717) is 24.2 Å². The van der Waals surface area contributed by atoms with Gasteiger partial charge in [-0.05, 0) is 37.0 Å². The van der Waals surface area contributed by atoms with Crippen LogP contribution in [0.25, 0.3) is 0 Å². The van der Waals surface area contributed by atoms with Crippen LogP contribution in [-0.2, 0) is 16.3 Å². The van der Waals surface area contributed by atoms with Crippen molar-refractivity contribution in [3.8, 4) is 0 Å². The van der Waals surface area contributed by atoms with Crippen LogP contribution >= 0.6 is 0 Å². The largest absolute Gasteiger partial charge is 0.251 e. The summed E-state index contributed by atoms with van der Waals surface area (Å²) < 4.78 is 35.3. The first-order chi connectivity index (χ1) is 7.60. The topological polar surface area (TPSA) is 34.1 Å². The van der Waals surface area contributed by atoms with Crippen molar-refractivity contribution >= 4 is 9.84 Å². The van der Waals surface area contributed by atoms with E-state index in [0.717, 1.165) is 5.56 Å². The molecule has 0 saturated carbocycles. The quantitative estimate of drug-likeness (QED) is 0.771. The second kappa shape index (κ2) is 5.99. The summed E-state index contributed by atoms with van der Waals surface area (Å²) in [6, 6.07) is 6.74. The van der Waals surface area contributed by atoms with Crippen molar-refractivity contribution in [3.63, 3.8) is 0 Å². The van der Waals surface area contributed by atoms with E-state index in [1.165, 1.54) is 0 Å². The van der Waals surface area contributed by atoms with Crippen molar-refractivity contribution in [2.45, 2.75) is 31.1 Å². The van der Waals surface area contributed by atoms with E-state index in [4.69, 9.17) is 0 Å². The number of alkyl halides is 1. The lowest BCUT2D eigenvalue weighted by molar-refractivity contribution is 0.473. The van der Waals surface area contributed by atoms with Gasteiger partial charge in [-0.1, -0.05) is 19.1 Å². The van der Waals surface area contributed by atoms with E-state index in [2.05, 4.69) is 0 Å². The maximum atomic E-state index is 12.0.